The van der Waals surface area contributed by atoms with E-state index < -0.39 is 11.4 Å². The Hall–Kier alpha value is -3.32. The zero-order valence-corrected chi connectivity index (χ0v) is 20.8. The van der Waals surface area contributed by atoms with Crippen LogP contribution in [0.15, 0.2) is 70.5 Å². The second kappa shape index (κ2) is 8.80. The van der Waals surface area contributed by atoms with Gasteiger partial charge in [0.05, 0.1) is 5.56 Å². The van der Waals surface area contributed by atoms with Crippen molar-refractivity contribution in [1.82, 2.24) is 15.0 Å². The summed E-state index contributed by atoms with van der Waals surface area (Å²) in [5.41, 5.74) is 1.76. The molecule has 176 valence electrons. The Morgan fingerprint density at radius 2 is 1.59 bits per heavy atom. The minimum atomic E-state index is -1.06. The van der Waals surface area contributed by atoms with Crippen LogP contribution in [0.4, 0.5) is 0 Å². The van der Waals surface area contributed by atoms with Crippen molar-refractivity contribution in [3.8, 4) is 11.4 Å². The van der Waals surface area contributed by atoms with Crippen LogP contribution in [0.5, 0.6) is 5.75 Å². The van der Waals surface area contributed by atoms with Crippen LogP contribution >= 0.6 is 11.8 Å². The SMILES string of the molecule is CC(C)(C)CC(C)(C)c1cc(C(=O)O)cc(-n2nc3ccc(Sc4ccccc4)cc3n2)c1O. The highest BCUT2D eigenvalue weighted by Gasteiger charge is 2.32. The lowest BCUT2D eigenvalue weighted by Crippen LogP contribution is -2.25. The number of benzene rings is 3. The second-order valence-corrected chi connectivity index (χ2v) is 11.5. The lowest BCUT2D eigenvalue weighted by Gasteiger charge is -2.33. The smallest absolute Gasteiger partial charge is 0.335 e. The van der Waals surface area contributed by atoms with E-state index in [0.29, 0.717) is 16.6 Å². The molecule has 2 N–H and O–H groups in total. The van der Waals surface area contributed by atoms with E-state index in [4.69, 9.17) is 0 Å². The number of rotatable bonds is 6. The number of hydrogen-bond donors (Lipinski definition) is 2. The topological polar surface area (TPSA) is 88.2 Å². The first kappa shape index (κ1) is 23.8. The Labute approximate surface area is 203 Å². The molecular formula is C27H29N3O3S. The van der Waals surface area contributed by atoms with E-state index in [1.165, 1.54) is 10.9 Å². The standard InChI is InChI=1S/C27H29N3O3S/c1-26(2,3)16-27(4,5)20-13-17(25(32)33)14-23(24(20)31)30-28-21-12-11-19(15-22(21)29-30)34-18-9-7-6-8-10-18/h6-15,31H,16H2,1-5H3,(H,32,33). The highest BCUT2D eigenvalue weighted by atomic mass is 32.2. The molecular weight excluding hydrogens is 446 g/mol. The zero-order chi connectivity index (χ0) is 24.7. The number of nitrogens with zero attached hydrogens (tertiary/aromatic N) is 3. The first-order valence-electron chi connectivity index (χ1n) is 11.1. The van der Waals surface area contributed by atoms with Crippen molar-refractivity contribution in [2.75, 3.05) is 0 Å². The van der Waals surface area contributed by atoms with Crippen LogP contribution in [0.25, 0.3) is 16.7 Å². The molecule has 0 saturated heterocycles. The van der Waals surface area contributed by atoms with E-state index >= 15 is 0 Å². The van der Waals surface area contributed by atoms with Gasteiger partial charge in [0.2, 0.25) is 0 Å². The van der Waals surface area contributed by atoms with Crippen LogP contribution < -0.4 is 0 Å². The number of phenolic OH excluding ortho intramolecular Hbond substituents is 1. The van der Waals surface area contributed by atoms with E-state index in [1.807, 2.05) is 62.4 Å². The average Bonchev–Trinajstić information content (AvgIpc) is 3.15. The molecule has 0 bridgehead atoms. The predicted molar refractivity (Wildman–Crippen MR) is 135 cm³/mol. The lowest BCUT2D eigenvalue weighted by molar-refractivity contribution is 0.0696. The second-order valence-electron chi connectivity index (χ2n) is 10.4. The van der Waals surface area contributed by atoms with Crippen molar-refractivity contribution in [2.24, 2.45) is 5.41 Å². The fraction of sp³-hybridized carbons (Fsp3) is 0.296. The molecule has 1 aromatic heterocycles. The van der Waals surface area contributed by atoms with Gasteiger partial charge in [0.15, 0.2) is 0 Å². The van der Waals surface area contributed by atoms with Gasteiger partial charge >= 0.3 is 5.97 Å². The molecule has 1 heterocycles. The summed E-state index contributed by atoms with van der Waals surface area (Å²) in [5, 5.41) is 30.1. The highest BCUT2D eigenvalue weighted by Crippen LogP contribution is 2.42. The number of carboxylic acid groups (broad SMARTS) is 1. The molecule has 7 heteroatoms. The van der Waals surface area contributed by atoms with Gasteiger partial charge in [0.1, 0.15) is 22.5 Å². The largest absolute Gasteiger partial charge is 0.505 e. The summed E-state index contributed by atoms with van der Waals surface area (Å²) >= 11 is 1.62. The maximum absolute atomic E-state index is 11.9. The fourth-order valence-corrected chi connectivity index (χ4v) is 5.39. The maximum Gasteiger partial charge on any atom is 0.335 e. The number of carbonyl (C=O) groups is 1. The molecule has 0 unspecified atom stereocenters. The summed E-state index contributed by atoms with van der Waals surface area (Å²) < 4.78 is 0. The third-order valence-corrected chi connectivity index (χ3v) is 6.58. The molecule has 0 fully saturated rings. The molecule has 3 aromatic carbocycles. The van der Waals surface area contributed by atoms with Crippen molar-refractivity contribution in [2.45, 2.75) is 56.2 Å². The number of aromatic hydroxyl groups is 1. The summed E-state index contributed by atoms with van der Waals surface area (Å²) in [5.74, 6) is -1.06. The van der Waals surface area contributed by atoms with Gasteiger partial charge < -0.3 is 10.2 Å². The van der Waals surface area contributed by atoms with Gasteiger partial charge in [0, 0.05) is 15.4 Å². The molecule has 0 saturated carbocycles. The van der Waals surface area contributed by atoms with Gasteiger partial charge in [-0.15, -0.1) is 15.0 Å². The lowest BCUT2D eigenvalue weighted by atomic mass is 9.71. The van der Waals surface area contributed by atoms with Crippen molar-refractivity contribution in [3.05, 3.63) is 71.8 Å². The summed E-state index contributed by atoms with van der Waals surface area (Å²) in [6.07, 6.45) is 0.755. The van der Waals surface area contributed by atoms with Crippen LogP contribution in [0.2, 0.25) is 0 Å². The summed E-state index contributed by atoms with van der Waals surface area (Å²) in [6.45, 7) is 10.4. The van der Waals surface area contributed by atoms with Crippen LogP contribution in [0.1, 0.15) is 57.0 Å². The van der Waals surface area contributed by atoms with Crippen molar-refractivity contribution in [1.29, 1.82) is 0 Å². The molecule has 0 amide bonds. The van der Waals surface area contributed by atoms with Gasteiger partial charge in [0.25, 0.3) is 0 Å². The molecule has 4 aromatic rings. The number of hydrogen-bond acceptors (Lipinski definition) is 5. The number of aromatic carboxylic acids is 1. The number of aromatic nitrogens is 3. The average molecular weight is 476 g/mol. The molecule has 0 radical (unpaired) electrons. The van der Waals surface area contributed by atoms with E-state index in [1.54, 1.807) is 17.8 Å². The van der Waals surface area contributed by atoms with Crippen molar-refractivity contribution in [3.63, 3.8) is 0 Å². The highest BCUT2D eigenvalue weighted by molar-refractivity contribution is 7.99. The Balaban J connectivity index is 1.79. The molecule has 0 aliphatic carbocycles. The van der Waals surface area contributed by atoms with Crippen molar-refractivity contribution >= 4 is 28.8 Å². The quantitative estimate of drug-likeness (QED) is 0.323. The third kappa shape index (κ3) is 5.09. The monoisotopic (exact) mass is 475 g/mol. The van der Waals surface area contributed by atoms with Crippen LogP contribution in [0, 0.1) is 5.41 Å². The van der Waals surface area contributed by atoms with E-state index in [-0.39, 0.29) is 22.4 Å². The number of carboxylic acids is 1. The molecule has 0 atom stereocenters. The molecule has 0 aliphatic heterocycles. The molecule has 0 spiro atoms. The first-order valence-corrected chi connectivity index (χ1v) is 12.0. The van der Waals surface area contributed by atoms with Gasteiger partial charge in [-0.05, 0) is 59.7 Å². The van der Waals surface area contributed by atoms with Crippen LogP contribution in [-0.2, 0) is 5.41 Å². The summed E-state index contributed by atoms with van der Waals surface area (Å²) in [7, 11) is 0. The molecule has 6 nitrogen and oxygen atoms in total. The van der Waals surface area contributed by atoms with Gasteiger partial charge in [-0.3, -0.25) is 0 Å². The van der Waals surface area contributed by atoms with E-state index in [9.17, 15) is 15.0 Å². The minimum absolute atomic E-state index is 0.00144. The fourth-order valence-electron chi connectivity index (χ4n) is 4.52. The van der Waals surface area contributed by atoms with Crippen LogP contribution in [0.3, 0.4) is 0 Å². The van der Waals surface area contributed by atoms with Gasteiger partial charge in [-0.2, -0.15) is 0 Å². The molecule has 4 rings (SSSR count). The Bertz CT molecular complexity index is 1360. The Morgan fingerprint density at radius 3 is 2.24 bits per heavy atom. The molecule has 0 aliphatic rings. The number of phenols is 1. The summed E-state index contributed by atoms with van der Waals surface area (Å²) in [4.78, 5) is 15.4. The Kier molecular flexibility index (Phi) is 6.16. The first-order chi connectivity index (χ1) is 15.9. The Morgan fingerprint density at radius 1 is 0.912 bits per heavy atom. The van der Waals surface area contributed by atoms with Gasteiger partial charge in [-0.25, -0.2) is 4.79 Å². The zero-order valence-electron chi connectivity index (χ0n) is 20.0. The van der Waals surface area contributed by atoms with Crippen molar-refractivity contribution < 1.29 is 15.0 Å². The van der Waals surface area contributed by atoms with E-state index in [0.717, 1.165) is 16.2 Å². The minimum Gasteiger partial charge on any atom is -0.505 e. The normalized spacial score (nSPS) is 12.3. The number of fused-ring (bicyclic) bond motifs is 1. The summed E-state index contributed by atoms with van der Waals surface area (Å²) in [6, 6.07) is 18.8. The van der Waals surface area contributed by atoms with Crippen LogP contribution in [-0.4, -0.2) is 31.2 Å². The van der Waals surface area contributed by atoms with Gasteiger partial charge in [-0.1, -0.05) is 64.6 Å². The molecule has 34 heavy (non-hydrogen) atoms. The maximum atomic E-state index is 11.9. The van der Waals surface area contributed by atoms with E-state index in [2.05, 4.69) is 31.0 Å². The third-order valence-electron chi connectivity index (χ3n) is 5.58. The predicted octanol–water partition coefficient (Wildman–Crippen LogP) is 6.69.